The number of Topliss-reactive ketones (excluding diaryl/α,β-unsaturated/α-hetero) is 1. The molecular weight excluding hydrogens is 615 g/mol. The maximum absolute atomic E-state index is 14.7. The predicted octanol–water partition coefficient (Wildman–Crippen LogP) is 9.10. The number of ether oxygens (including phenoxy) is 2. The van der Waals surface area contributed by atoms with Crippen LogP contribution in [0, 0.1) is 11.8 Å². The molecule has 0 amide bonds. The van der Waals surface area contributed by atoms with E-state index < -0.39 is 29.3 Å². The smallest absolute Gasteiger partial charge is 0.170 e. The second-order valence-corrected chi connectivity index (χ2v) is 15.8. The summed E-state index contributed by atoms with van der Waals surface area (Å²) in [6.45, 7) is 3.69. The summed E-state index contributed by atoms with van der Waals surface area (Å²) in [7, 11) is 0. The Morgan fingerprint density at radius 3 is 1.92 bits per heavy atom. The highest BCUT2D eigenvalue weighted by Gasteiger charge is 2.53. The molecule has 2 saturated carbocycles. The maximum Gasteiger partial charge on any atom is 0.170 e. The van der Waals surface area contributed by atoms with Gasteiger partial charge in [-0.25, -0.2) is 0 Å². The van der Waals surface area contributed by atoms with Crippen LogP contribution in [0.2, 0.25) is 0 Å². The number of carbonyl (C=O) groups is 1. The quantitative estimate of drug-likeness (QED) is 0.158. The van der Waals surface area contributed by atoms with Gasteiger partial charge in [0.25, 0.3) is 0 Å². The highest BCUT2D eigenvalue weighted by molar-refractivity contribution is 8.00. The molecule has 2 aliphatic carbocycles. The first kappa shape index (κ1) is 33.2. The standard InChI is InChI=1S/C42H47NO4S/c1-28(37(44)31-12-6-3-7-13-31)41(2,43)40(45)36(30-18-20-34(21-19-30)48-35-22-23-35)26-29-24-25-42(27-29)46-38(32-14-8-4-9-15-32)39(47-42)33-16-10-5-11-17-33/h3-21,28-29,35-39,44H,22-27,43H2,1-2H3/t28-,29-,36-,37+,38-,39-,41?/m1/s1. The topological polar surface area (TPSA) is 81.8 Å². The monoisotopic (exact) mass is 661 g/mol. The summed E-state index contributed by atoms with van der Waals surface area (Å²) < 4.78 is 13.8. The molecule has 250 valence electrons. The van der Waals surface area contributed by atoms with E-state index in [9.17, 15) is 9.90 Å². The maximum atomic E-state index is 14.7. The molecule has 1 saturated heterocycles. The van der Waals surface area contributed by atoms with E-state index in [0.717, 1.165) is 35.1 Å². The van der Waals surface area contributed by atoms with E-state index in [-0.39, 0.29) is 23.9 Å². The molecule has 4 aromatic rings. The molecule has 1 unspecified atom stereocenters. The van der Waals surface area contributed by atoms with Gasteiger partial charge in [0.15, 0.2) is 11.6 Å². The Labute approximate surface area is 289 Å². The van der Waals surface area contributed by atoms with Gasteiger partial charge in [0.2, 0.25) is 0 Å². The number of benzene rings is 4. The first-order valence-electron chi connectivity index (χ1n) is 17.5. The van der Waals surface area contributed by atoms with Crippen LogP contribution in [-0.4, -0.2) is 27.5 Å². The van der Waals surface area contributed by atoms with Crippen molar-refractivity contribution in [1.82, 2.24) is 0 Å². The second kappa shape index (κ2) is 13.9. The van der Waals surface area contributed by atoms with E-state index >= 15 is 0 Å². The highest BCUT2D eigenvalue weighted by atomic mass is 32.2. The SMILES string of the molecule is C[C@H]([C@H](O)c1ccccc1)C(C)(N)C(=O)[C@H](C[C@H]1CCC2(C1)O[C@H](c1ccccc1)[C@@H](c1ccccc1)O2)c1ccc(SC2CC2)cc1. The van der Waals surface area contributed by atoms with Crippen LogP contribution in [0.5, 0.6) is 0 Å². The van der Waals surface area contributed by atoms with Gasteiger partial charge < -0.3 is 20.3 Å². The summed E-state index contributed by atoms with van der Waals surface area (Å²) in [5.74, 6) is -1.45. The minimum Gasteiger partial charge on any atom is -0.388 e. The van der Waals surface area contributed by atoms with Crippen molar-refractivity contribution < 1.29 is 19.4 Å². The lowest BCUT2D eigenvalue weighted by Gasteiger charge is -2.37. The molecule has 4 aromatic carbocycles. The van der Waals surface area contributed by atoms with Gasteiger partial charge in [-0.3, -0.25) is 4.79 Å². The van der Waals surface area contributed by atoms with E-state index in [0.29, 0.717) is 18.1 Å². The Morgan fingerprint density at radius 1 is 0.833 bits per heavy atom. The van der Waals surface area contributed by atoms with Gasteiger partial charge in [-0.05, 0) is 72.9 Å². The van der Waals surface area contributed by atoms with Crippen molar-refractivity contribution in [2.75, 3.05) is 0 Å². The Morgan fingerprint density at radius 2 is 1.38 bits per heavy atom. The first-order valence-corrected chi connectivity index (χ1v) is 18.4. The van der Waals surface area contributed by atoms with Crippen LogP contribution in [0.4, 0.5) is 0 Å². The van der Waals surface area contributed by atoms with Crippen LogP contribution >= 0.6 is 11.8 Å². The van der Waals surface area contributed by atoms with Crippen molar-refractivity contribution in [3.8, 4) is 0 Å². The van der Waals surface area contributed by atoms with Crippen LogP contribution in [0.1, 0.15) is 98.9 Å². The van der Waals surface area contributed by atoms with Gasteiger partial charge in [0.05, 0.1) is 11.6 Å². The van der Waals surface area contributed by atoms with Gasteiger partial charge in [0, 0.05) is 34.8 Å². The molecule has 1 aliphatic heterocycles. The molecule has 7 atom stereocenters. The van der Waals surface area contributed by atoms with Gasteiger partial charge in [-0.2, -0.15) is 0 Å². The van der Waals surface area contributed by atoms with Gasteiger partial charge >= 0.3 is 0 Å². The third-order valence-electron chi connectivity index (χ3n) is 10.8. The van der Waals surface area contributed by atoms with E-state index in [2.05, 4.69) is 48.5 Å². The molecule has 3 N–H and O–H groups in total. The number of nitrogens with two attached hydrogens (primary N) is 1. The van der Waals surface area contributed by atoms with E-state index in [4.69, 9.17) is 15.2 Å². The van der Waals surface area contributed by atoms with Crippen LogP contribution < -0.4 is 5.73 Å². The highest BCUT2D eigenvalue weighted by Crippen LogP contribution is 2.55. The molecule has 48 heavy (non-hydrogen) atoms. The summed E-state index contributed by atoms with van der Waals surface area (Å²) in [6, 6.07) is 38.7. The number of carbonyl (C=O) groups excluding carboxylic acids is 1. The molecule has 3 aliphatic rings. The fraction of sp³-hybridized carbons (Fsp3) is 0.405. The summed E-state index contributed by atoms with van der Waals surface area (Å²) in [4.78, 5) is 15.9. The normalized spacial score (nSPS) is 25.0. The number of aliphatic hydroxyl groups is 1. The number of ketones is 1. The molecule has 6 heteroatoms. The fourth-order valence-corrected chi connectivity index (χ4v) is 8.67. The van der Waals surface area contributed by atoms with Crippen molar-refractivity contribution in [3.05, 3.63) is 138 Å². The Balaban J connectivity index is 1.14. The molecule has 3 fully saturated rings. The van der Waals surface area contributed by atoms with E-state index in [1.165, 1.54) is 17.7 Å². The van der Waals surface area contributed by atoms with E-state index in [1.54, 1.807) is 6.92 Å². The number of aliphatic hydroxyl groups excluding tert-OH is 1. The second-order valence-electron chi connectivity index (χ2n) is 14.4. The van der Waals surface area contributed by atoms with Crippen molar-refractivity contribution in [3.63, 3.8) is 0 Å². The fourth-order valence-electron chi connectivity index (χ4n) is 7.62. The lowest BCUT2D eigenvalue weighted by Crippen LogP contribution is -2.54. The summed E-state index contributed by atoms with van der Waals surface area (Å²) in [6.07, 6.45) is 4.27. The van der Waals surface area contributed by atoms with Crippen LogP contribution in [-0.2, 0) is 14.3 Å². The molecule has 7 rings (SSSR count). The van der Waals surface area contributed by atoms with Crippen molar-refractivity contribution in [1.29, 1.82) is 0 Å². The van der Waals surface area contributed by atoms with Crippen molar-refractivity contribution in [2.45, 2.75) is 98.1 Å². The molecule has 0 aromatic heterocycles. The largest absolute Gasteiger partial charge is 0.388 e. The van der Waals surface area contributed by atoms with Crippen molar-refractivity contribution in [2.24, 2.45) is 17.6 Å². The molecule has 5 nitrogen and oxygen atoms in total. The van der Waals surface area contributed by atoms with Crippen LogP contribution in [0.15, 0.2) is 120 Å². The first-order chi connectivity index (χ1) is 23.2. The van der Waals surface area contributed by atoms with Crippen LogP contribution in [0.25, 0.3) is 0 Å². The number of hydrogen-bond donors (Lipinski definition) is 2. The van der Waals surface area contributed by atoms with Gasteiger partial charge in [0.1, 0.15) is 12.2 Å². The Hall–Kier alpha value is -3.26. The summed E-state index contributed by atoms with van der Waals surface area (Å²) >= 11 is 1.92. The molecule has 0 bridgehead atoms. The Kier molecular flexibility index (Phi) is 9.65. The zero-order valence-electron chi connectivity index (χ0n) is 27.9. The minimum atomic E-state index is -1.26. The number of hydrogen-bond acceptors (Lipinski definition) is 6. The zero-order chi connectivity index (χ0) is 33.3. The third-order valence-corrected chi connectivity index (χ3v) is 12.2. The molecular formula is C42H47NO4S. The lowest BCUT2D eigenvalue weighted by atomic mass is 9.71. The van der Waals surface area contributed by atoms with Gasteiger partial charge in [-0.1, -0.05) is 110 Å². The average Bonchev–Trinajstić information content (AvgIpc) is 3.74. The summed E-state index contributed by atoms with van der Waals surface area (Å²) in [5, 5.41) is 12.1. The van der Waals surface area contributed by atoms with Crippen molar-refractivity contribution >= 4 is 17.5 Å². The average molecular weight is 662 g/mol. The number of thioether (sulfide) groups is 1. The lowest BCUT2D eigenvalue weighted by molar-refractivity contribution is -0.173. The van der Waals surface area contributed by atoms with Crippen LogP contribution in [0.3, 0.4) is 0 Å². The van der Waals surface area contributed by atoms with E-state index in [1.807, 2.05) is 85.4 Å². The Bertz CT molecular complexity index is 1610. The molecule has 1 spiro atoms. The zero-order valence-corrected chi connectivity index (χ0v) is 28.7. The summed E-state index contributed by atoms with van der Waals surface area (Å²) in [5.41, 5.74) is 9.68. The van der Waals surface area contributed by atoms with Gasteiger partial charge in [-0.15, -0.1) is 11.8 Å². The molecule has 1 heterocycles. The third kappa shape index (κ3) is 7.05. The predicted molar refractivity (Wildman–Crippen MR) is 191 cm³/mol. The molecule has 0 radical (unpaired) electrons. The number of rotatable bonds is 12. The minimum absolute atomic E-state index is 0.0360.